The van der Waals surface area contributed by atoms with Gasteiger partial charge in [-0.2, -0.15) is 10.1 Å². The molecule has 9 nitrogen and oxygen atoms in total. The predicted molar refractivity (Wildman–Crippen MR) is 102 cm³/mol. The van der Waals surface area contributed by atoms with E-state index in [0.717, 1.165) is 4.90 Å². The first-order chi connectivity index (χ1) is 13.1. The fourth-order valence-corrected chi connectivity index (χ4v) is 3.22. The van der Waals surface area contributed by atoms with Crippen molar-refractivity contribution in [3.05, 3.63) is 53.6 Å². The zero-order chi connectivity index (χ0) is 20.6. The molecule has 148 valence electrons. The quantitative estimate of drug-likeness (QED) is 0.458. The molecular weight excluding hydrogens is 388 g/mol. The Labute approximate surface area is 165 Å². The second-order valence-electron chi connectivity index (χ2n) is 6.80. The highest BCUT2D eigenvalue weighted by molar-refractivity contribution is 6.30. The average Bonchev–Trinajstić information content (AvgIpc) is 2.81. The molecule has 0 saturated carbocycles. The molecule has 2 aromatic rings. The Balaban J connectivity index is 1.95. The summed E-state index contributed by atoms with van der Waals surface area (Å²) in [5.74, 6) is -0.0687. The summed E-state index contributed by atoms with van der Waals surface area (Å²) in [5.41, 5.74) is -0.831. The predicted octanol–water partition coefficient (Wildman–Crippen LogP) is 3.70. The molecule has 3 rings (SSSR count). The van der Waals surface area contributed by atoms with Gasteiger partial charge in [0.1, 0.15) is 11.3 Å². The maximum Gasteiger partial charge on any atom is 0.350 e. The molecule has 0 radical (unpaired) electrons. The second kappa shape index (κ2) is 7.19. The molecule has 1 unspecified atom stereocenters. The highest BCUT2D eigenvalue weighted by Gasteiger charge is 2.56. The van der Waals surface area contributed by atoms with Crippen molar-refractivity contribution < 1.29 is 25.1 Å². The van der Waals surface area contributed by atoms with Gasteiger partial charge in [0, 0.05) is 22.5 Å². The maximum atomic E-state index is 12.6. The van der Waals surface area contributed by atoms with Crippen molar-refractivity contribution in [1.29, 1.82) is 0 Å². The summed E-state index contributed by atoms with van der Waals surface area (Å²) in [6.07, 6.45) is -1.28. The summed E-state index contributed by atoms with van der Waals surface area (Å²) in [7, 11) is 0. The van der Waals surface area contributed by atoms with E-state index in [1.54, 1.807) is 18.2 Å². The van der Waals surface area contributed by atoms with Crippen LogP contribution >= 0.6 is 11.6 Å². The van der Waals surface area contributed by atoms with Crippen LogP contribution in [0.4, 0.5) is 21.0 Å². The number of urea groups is 2. The van der Waals surface area contributed by atoms with E-state index in [2.05, 4.69) is 5.32 Å². The maximum absolute atomic E-state index is 12.6. The Morgan fingerprint density at radius 3 is 2.54 bits per heavy atom. The number of aromatic hydroxyl groups is 1. The van der Waals surface area contributed by atoms with Crippen LogP contribution in [0.1, 0.15) is 13.8 Å². The van der Waals surface area contributed by atoms with E-state index in [4.69, 9.17) is 11.6 Å². The number of hydrogen-bond acceptors (Lipinski definition) is 5. The van der Waals surface area contributed by atoms with Crippen molar-refractivity contribution in [2.24, 2.45) is 0 Å². The molecule has 4 amide bonds. The fraction of sp³-hybridized carbons (Fsp3) is 0.222. The largest absolute Gasteiger partial charge is 0.508 e. The number of carbonyl (C=O) groups is 2. The van der Waals surface area contributed by atoms with Crippen molar-refractivity contribution in [2.45, 2.75) is 25.6 Å². The van der Waals surface area contributed by atoms with Crippen LogP contribution in [0.2, 0.25) is 5.02 Å². The lowest BCUT2D eigenvalue weighted by Crippen LogP contribution is -2.57. The molecule has 4 N–H and O–H groups in total. The third-order valence-corrected chi connectivity index (χ3v) is 4.67. The number of phenolic OH excluding ortho intramolecular Hbond substituents is 1. The minimum Gasteiger partial charge on any atom is -0.508 e. The topological polar surface area (TPSA) is 117 Å². The molecule has 1 saturated heterocycles. The Morgan fingerprint density at radius 1 is 1.21 bits per heavy atom. The summed E-state index contributed by atoms with van der Waals surface area (Å²) < 4.78 is 0. The van der Waals surface area contributed by atoms with Crippen LogP contribution in [-0.2, 0) is 0 Å². The molecule has 1 aliphatic rings. The number of carbonyl (C=O) groups excluding carboxylic acids is 2. The molecule has 2 aromatic carbocycles. The van der Waals surface area contributed by atoms with Gasteiger partial charge in [0.05, 0.1) is 0 Å². The van der Waals surface area contributed by atoms with Crippen LogP contribution < -0.4 is 10.2 Å². The SMILES string of the molecule is CC1(C)C(N(O)C(=O)Nc2cccc(O)c2)N(c2cccc(Cl)c2)C(=O)N1O. The number of hydroxylamine groups is 4. The van der Waals surface area contributed by atoms with Gasteiger partial charge in [-0.3, -0.25) is 15.3 Å². The molecule has 1 atom stereocenters. The van der Waals surface area contributed by atoms with Crippen LogP contribution in [0.3, 0.4) is 0 Å². The lowest BCUT2D eigenvalue weighted by Gasteiger charge is -2.36. The van der Waals surface area contributed by atoms with E-state index in [0.29, 0.717) is 15.1 Å². The van der Waals surface area contributed by atoms with Gasteiger partial charge in [0.2, 0.25) is 0 Å². The Bertz CT molecular complexity index is 922. The number of nitrogens with one attached hydrogen (secondary N) is 1. The normalized spacial score (nSPS) is 18.3. The summed E-state index contributed by atoms with van der Waals surface area (Å²) >= 11 is 6.00. The number of halogens is 1. The number of rotatable bonds is 3. The van der Waals surface area contributed by atoms with E-state index in [1.165, 1.54) is 44.2 Å². The first kappa shape index (κ1) is 19.7. The number of anilines is 2. The van der Waals surface area contributed by atoms with E-state index in [-0.39, 0.29) is 17.1 Å². The minimum absolute atomic E-state index is 0.0687. The number of hydrogen-bond donors (Lipinski definition) is 4. The molecule has 1 fully saturated rings. The van der Waals surface area contributed by atoms with Crippen LogP contribution in [0.5, 0.6) is 5.75 Å². The number of nitrogens with zero attached hydrogens (tertiary/aromatic N) is 3. The molecule has 1 aliphatic heterocycles. The monoisotopic (exact) mass is 406 g/mol. The summed E-state index contributed by atoms with van der Waals surface area (Å²) in [6.45, 7) is 2.98. The van der Waals surface area contributed by atoms with E-state index in [9.17, 15) is 25.1 Å². The average molecular weight is 407 g/mol. The lowest BCUT2D eigenvalue weighted by molar-refractivity contribution is -0.150. The number of phenols is 1. The zero-order valence-corrected chi connectivity index (χ0v) is 15.8. The first-order valence-electron chi connectivity index (χ1n) is 8.29. The lowest BCUT2D eigenvalue weighted by atomic mass is 10.0. The van der Waals surface area contributed by atoms with Gasteiger partial charge >= 0.3 is 12.1 Å². The van der Waals surface area contributed by atoms with E-state index >= 15 is 0 Å². The molecule has 0 aromatic heterocycles. The van der Waals surface area contributed by atoms with Gasteiger partial charge < -0.3 is 10.4 Å². The van der Waals surface area contributed by atoms with Crippen molar-refractivity contribution in [3.63, 3.8) is 0 Å². The first-order valence-corrected chi connectivity index (χ1v) is 8.66. The van der Waals surface area contributed by atoms with Crippen molar-refractivity contribution in [3.8, 4) is 5.75 Å². The number of amides is 4. The molecule has 28 heavy (non-hydrogen) atoms. The van der Waals surface area contributed by atoms with Crippen molar-refractivity contribution in [1.82, 2.24) is 10.1 Å². The summed E-state index contributed by atoms with van der Waals surface area (Å²) in [4.78, 5) is 26.3. The summed E-state index contributed by atoms with van der Waals surface area (Å²) in [6, 6.07) is 10.2. The molecule has 0 bridgehead atoms. The molecule has 0 spiro atoms. The second-order valence-corrected chi connectivity index (χ2v) is 7.23. The third kappa shape index (κ3) is 3.42. The Kier molecular flexibility index (Phi) is 5.07. The zero-order valence-electron chi connectivity index (χ0n) is 15.1. The van der Waals surface area contributed by atoms with Crippen LogP contribution in [-0.4, -0.2) is 49.4 Å². The molecule has 10 heteroatoms. The highest BCUT2D eigenvalue weighted by Crippen LogP contribution is 2.37. The van der Waals surface area contributed by atoms with Gasteiger partial charge in [0.15, 0.2) is 6.17 Å². The Morgan fingerprint density at radius 2 is 1.89 bits per heavy atom. The van der Waals surface area contributed by atoms with Gasteiger partial charge in [-0.25, -0.2) is 9.59 Å². The molecule has 0 aliphatic carbocycles. The Hall–Kier alpha value is -3.01. The summed E-state index contributed by atoms with van der Waals surface area (Å²) in [5, 5.41) is 33.9. The van der Waals surface area contributed by atoms with Crippen molar-refractivity contribution >= 4 is 35.0 Å². The van der Waals surface area contributed by atoms with Crippen LogP contribution in [0, 0.1) is 0 Å². The molecular formula is C18H19ClN4O5. The van der Waals surface area contributed by atoms with Crippen molar-refractivity contribution in [2.75, 3.05) is 10.2 Å². The van der Waals surface area contributed by atoms with E-state index in [1.807, 2.05) is 0 Å². The van der Waals surface area contributed by atoms with E-state index < -0.39 is 23.8 Å². The smallest absolute Gasteiger partial charge is 0.350 e. The third-order valence-electron chi connectivity index (χ3n) is 4.43. The van der Waals surface area contributed by atoms with Gasteiger partial charge in [-0.05, 0) is 44.2 Å². The standard InChI is InChI=1S/C18H19ClN4O5/c1-18(2)15(22(27)16(25)20-12-6-4-8-14(24)10-12)21(17(26)23(18)28)13-7-3-5-11(19)9-13/h3-10,15,24,27-28H,1-2H3,(H,20,25). The van der Waals surface area contributed by atoms with Gasteiger partial charge in [-0.15, -0.1) is 0 Å². The number of benzene rings is 2. The minimum atomic E-state index is -1.36. The van der Waals surface area contributed by atoms with Gasteiger partial charge in [0.25, 0.3) is 0 Å². The fourth-order valence-electron chi connectivity index (χ4n) is 3.04. The van der Waals surface area contributed by atoms with Crippen LogP contribution in [0.25, 0.3) is 0 Å². The van der Waals surface area contributed by atoms with Crippen LogP contribution in [0.15, 0.2) is 48.5 Å². The molecule has 1 heterocycles. The highest BCUT2D eigenvalue weighted by atomic mass is 35.5. The van der Waals surface area contributed by atoms with Gasteiger partial charge in [-0.1, -0.05) is 23.7 Å².